The minimum atomic E-state index is -0.125. The van der Waals surface area contributed by atoms with Crippen LogP contribution >= 0.6 is 0 Å². The lowest BCUT2D eigenvalue weighted by Crippen LogP contribution is -2.41. The van der Waals surface area contributed by atoms with E-state index in [-0.39, 0.29) is 18.4 Å². The van der Waals surface area contributed by atoms with Gasteiger partial charge in [0, 0.05) is 27.1 Å². The van der Waals surface area contributed by atoms with Crippen LogP contribution in [0.4, 0.5) is 0 Å². The van der Waals surface area contributed by atoms with Crippen LogP contribution in [0.5, 0.6) is 0 Å². The molecule has 0 fully saturated rings. The predicted molar refractivity (Wildman–Crippen MR) is 70.3 cm³/mol. The molecule has 0 unspecified atom stereocenters. The summed E-state index contributed by atoms with van der Waals surface area (Å²) in [6, 6.07) is 0. The van der Waals surface area contributed by atoms with Crippen LogP contribution in [0.25, 0.3) is 0 Å². The van der Waals surface area contributed by atoms with Gasteiger partial charge in [0.25, 0.3) is 0 Å². The van der Waals surface area contributed by atoms with Crippen LogP contribution < -0.4 is 5.32 Å². The maximum atomic E-state index is 11.6. The molecule has 0 aliphatic carbocycles. The second kappa shape index (κ2) is 9.85. The van der Waals surface area contributed by atoms with E-state index in [9.17, 15) is 9.59 Å². The third kappa shape index (κ3) is 8.95. The van der Waals surface area contributed by atoms with Crippen LogP contribution in [0.2, 0.25) is 0 Å². The molecule has 18 heavy (non-hydrogen) atoms. The average molecular weight is 259 g/mol. The molecule has 0 aromatic carbocycles. The van der Waals surface area contributed by atoms with Crippen LogP contribution in [0.15, 0.2) is 0 Å². The Morgan fingerprint density at radius 1 is 1.22 bits per heavy atom. The molecule has 0 aromatic rings. The summed E-state index contributed by atoms with van der Waals surface area (Å²) in [5, 5.41) is 2.80. The molecule has 2 amide bonds. The van der Waals surface area contributed by atoms with E-state index < -0.39 is 0 Å². The zero-order chi connectivity index (χ0) is 14.0. The summed E-state index contributed by atoms with van der Waals surface area (Å²) in [6.45, 7) is 3.99. The summed E-state index contributed by atoms with van der Waals surface area (Å²) < 4.78 is 4.90. The number of nitrogens with one attached hydrogen (secondary N) is 1. The van der Waals surface area contributed by atoms with Crippen LogP contribution in [-0.2, 0) is 14.3 Å². The van der Waals surface area contributed by atoms with Gasteiger partial charge >= 0.3 is 0 Å². The van der Waals surface area contributed by atoms with Crippen molar-refractivity contribution in [3.05, 3.63) is 0 Å². The van der Waals surface area contributed by atoms with Gasteiger partial charge in [-0.1, -0.05) is 0 Å². The van der Waals surface area contributed by atoms with Crippen molar-refractivity contribution in [2.24, 2.45) is 0 Å². The first-order valence-corrected chi connectivity index (χ1v) is 6.13. The van der Waals surface area contributed by atoms with Gasteiger partial charge < -0.3 is 19.9 Å². The van der Waals surface area contributed by atoms with Crippen LogP contribution in [-0.4, -0.2) is 75.6 Å². The summed E-state index contributed by atoms with van der Waals surface area (Å²) in [5.74, 6) is -0.240. The Bertz CT molecular complexity index is 257. The molecular weight excluding hydrogens is 234 g/mol. The second-order valence-electron chi connectivity index (χ2n) is 4.44. The van der Waals surface area contributed by atoms with E-state index in [0.717, 1.165) is 13.0 Å². The minimum absolute atomic E-state index is 0.0979. The number of hydrogen-bond acceptors (Lipinski definition) is 4. The van der Waals surface area contributed by atoms with E-state index >= 15 is 0 Å². The molecule has 0 aliphatic rings. The van der Waals surface area contributed by atoms with E-state index in [1.165, 1.54) is 11.8 Å². The predicted octanol–water partition coefficient (Wildman–Crippen LogP) is -0.451. The molecule has 0 radical (unpaired) electrons. The van der Waals surface area contributed by atoms with Crippen molar-refractivity contribution in [3.63, 3.8) is 0 Å². The van der Waals surface area contributed by atoms with Gasteiger partial charge in [-0.2, -0.15) is 0 Å². The minimum Gasteiger partial charge on any atom is -0.383 e. The van der Waals surface area contributed by atoms with E-state index in [1.807, 2.05) is 14.1 Å². The number of ether oxygens (including phenoxy) is 1. The first-order valence-electron chi connectivity index (χ1n) is 6.13. The molecule has 0 heterocycles. The number of carbonyl (C=O) groups excluding carboxylic acids is 2. The van der Waals surface area contributed by atoms with E-state index in [1.54, 1.807) is 7.11 Å². The maximum Gasteiger partial charge on any atom is 0.239 e. The number of amides is 2. The zero-order valence-corrected chi connectivity index (χ0v) is 11.9. The van der Waals surface area contributed by atoms with Gasteiger partial charge in [-0.3, -0.25) is 9.59 Å². The highest BCUT2D eigenvalue weighted by molar-refractivity contribution is 5.83. The SMILES string of the molecule is COCCN(CC(=O)NCCCN(C)C)C(C)=O. The number of methoxy groups -OCH3 is 1. The van der Waals surface area contributed by atoms with Crippen LogP contribution in [0.1, 0.15) is 13.3 Å². The highest BCUT2D eigenvalue weighted by Gasteiger charge is 2.12. The van der Waals surface area contributed by atoms with Crippen molar-refractivity contribution in [3.8, 4) is 0 Å². The monoisotopic (exact) mass is 259 g/mol. The number of nitrogens with zero attached hydrogens (tertiary/aromatic N) is 2. The molecule has 0 rings (SSSR count). The molecule has 0 saturated heterocycles. The van der Waals surface area contributed by atoms with E-state index in [0.29, 0.717) is 19.7 Å². The topological polar surface area (TPSA) is 61.9 Å². The fraction of sp³-hybridized carbons (Fsp3) is 0.833. The third-order valence-corrected chi connectivity index (χ3v) is 2.45. The molecule has 6 heteroatoms. The lowest BCUT2D eigenvalue weighted by molar-refractivity contribution is -0.134. The van der Waals surface area contributed by atoms with Crippen molar-refractivity contribution in [1.29, 1.82) is 0 Å². The molecule has 0 aliphatic heterocycles. The third-order valence-electron chi connectivity index (χ3n) is 2.45. The highest BCUT2D eigenvalue weighted by atomic mass is 16.5. The standard InChI is InChI=1S/C12H25N3O3/c1-11(16)15(8-9-18-4)10-12(17)13-6-5-7-14(2)3/h5-10H2,1-4H3,(H,13,17). The molecular formula is C12H25N3O3. The first-order chi connectivity index (χ1) is 8.47. The molecule has 6 nitrogen and oxygen atoms in total. The summed E-state index contributed by atoms with van der Waals surface area (Å²) in [7, 11) is 5.55. The van der Waals surface area contributed by atoms with Crippen molar-refractivity contribution < 1.29 is 14.3 Å². The van der Waals surface area contributed by atoms with Gasteiger partial charge in [0.15, 0.2) is 0 Å². The maximum absolute atomic E-state index is 11.6. The molecule has 0 saturated carbocycles. The molecule has 0 spiro atoms. The molecule has 0 bridgehead atoms. The van der Waals surface area contributed by atoms with E-state index in [4.69, 9.17) is 4.74 Å². The van der Waals surface area contributed by atoms with E-state index in [2.05, 4.69) is 10.2 Å². The Labute approximate surface area is 109 Å². The number of hydrogen-bond donors (Lipinski definition) is 1. The van der Waals surface area contributed by atoms with Gasteiger partial charge in [-0.25, -0.2) is 0 Å². The van der Waals surface area contributed by atoms with Gasteiger partial charge in [-0.05, 0) is 27.1 Å². The van der Waals surface area contributed by atoms with Crippen molar-refractivity contribution in [1.82, 2.24) is 15.1 Å². The molecule has 106 valence electrons. The zero-order valence-electron chi connectivity index (χ0n) is 11.9. The highest BCUT2D eigenvalue weighted by Crippen LogP contribution is 1.90. The molecule has 0 atom stereocenters. The van der Waals surface area contributed by atoms with Gasteiger partial charge in [0.1, 0.15) is 0 Å². The summed E-state index contributed by atoms with van der Waals surface area (Å²) in [4.78, 5) is 26.4. The smallest absolute Gasteiger partial charge is 0.239 e. The lowest BCUT2D eigenvalue weighted by atomic mass is 10.4. The first kappa shape index (κ1) is 16.9. The average Bonchev–Trinajstić information content (AvgIpc) is 2.29. The summed E-state index contributed by atoms with van der Waals surface area (Å²) >= 11 is 0. The lowest BCUT2D eigenvalue weighted by Gasteiger charge is -2.20. The largest absolute Gasteiger partial charge is 0.383 e. The number of rotatable bonds is 9. The van der Waals surface area contributed by atoms with Crippen molar-refractivity contribution in [2.45, 2.75) is 13.3 Å². The Morgan fingerprint density at radius 3 is 2.39 bits per heavy atom. The Morgan fingerprint density at radius 2 is 1.89 bits per heavy atom. The molecule has 1 N–H and O–H groups in total. The number of carbonyl (C=O) groups is 2. The molecule has 0 aromatic heterocycles. The van der Waals surface area contributed by atoms with Gasteiger partial charge in [0.2, 0.25) is 11.8 Å². The summed E-state index contributed by atoms with van der Waals surface area (Å²) in [5.41, 5.74) is 0. The fourth-order valence-electron chi connectivity index (χ4n) is 1.40. The van der Waals surface area contributed by atoms with Crippen molar-refractivity contribution >= 4 is 11.8 Å². The second-order valence-corrected chi connectivity index (χ2v) is 4.44. The van der Waals surface area contributed by atoms with Crippen molar-refractivity contribution in [2.75, 3.05) is 54.0 Å². The quantitative estimate of drug-likeness (QED) is 0.570. The Kier molecular flexibility index (Phi) is 9.22. The van der Waals surface area contributed by atoms with Gasteiger partial charge in [-0.15, -0.1) is 0 Å². The Balaban J connectivity index is 3.84. The van der Waals surface area contributed by atoms with Gasteiger partial charge in [0.05, 0.1) is 13.2 Å². The van der Waals surface area contributed by atoms with Crippen LogP contribution in [0.3, 0.4) is 0 Å². The van der Waals surface area contributed by atoms with Crippen LogP contribution in [0, 0.1) is 0 Å². The Hall–Kier alpha value is -1.14. The fourth-order valence-corrected chi connectivity index (χ4v) is 1.40. The summed E-state index contributed by atoms with van der Waals surface area (Å²) in [6.07, 6.45) is 0.900. The normalized spacial score (nSPS) is 10.5.